The smallest absolute Gasteiger partial charge is 0.142 e. The van der Waals surface area contributed by atoms with Gasteiger partial charge in [-0.1, -0.05) is 19.4 Å². The Bertz CT molecular complexity index is 499. The molecule has 4 heteroatoms. The van der Waals surface area contributed by atoms with Crippen LogP contribution < -0.4 is 15.0 Å². The van der Waals surface area contributed by atoms with E-state index >= 15 is 0 Å². The second-order valence-electron chi connectivity index (χ2n) is 6.77. The number of rotatable bonds is 5. The summed E-state index contributed by atoms with van der Waals surface area (Å²) in [6, 6.07) is 7.55. The number of benzene rings is 1. The number of nitrogens with one attached hydrogen (secondary N) is 1. The molecule has 2 heterocycles. The maximum atomic E-state index is 5.70. The van der Waals surface area contributed by atoms with Crippen molar-refractivity contribution < 1.29 is 4.74 Å². The van der Waals surface area contributed by atoms with Gasteiger partial charge in [0.25, 0.3) is 0 Å². The van der Waals surface area contributed by atoms with Crippen molar-refractivity contribution in [1.82, 2.24) is 10.2 Å². The molecule has 23 heavy (non-hydrogen) atoms. The van der Waals surface area contributed by atoms with Gasteiger partial charge in [-0.25, -0.2) is 0 Å². The zero-order valence-electron chi connectivity index (χ0n) is 14.7. The maximum absolute atomic E-state index is 5.70. The first-order valence-corrected chi connectivity index (χ1v) is 9.18. The second kappa shape index (κ2) is 8.02. The lowest BCUT2D eigenvalue weighted by atomic mass is 9.99. The summed E-state index contributed by atoms with van der Waals surface area (Å²) in [6.45, 7) is 8.82. The average molecular weight is 317 g/mol. The van der Waals surface area contributed by atoms with E-state index < -0.39 is 0 Å². The molecule has 0 aliphatic carbocycles. The van der Waals surface area contributed by atoms with Gasteiger partial charge in [0, 0.05) is 38.8 Å². The van der Waals surface area contributed by atoms with E-state index in [4.69, 9.17) is 4.74 Å². The number of ether oxygens (including phenoxy) is 1. The molecule has 128 valence electrons. The number of piperidine rings is 1. The molecule has 0 amide bonds. The molecular weight excluding hydrogens is 286 g/mol. The van der Waals surface area contributed by atoms with Gasteiger partial charge in [0.2, 0.25) is 0 Å². The molecule has 4 nitrogen and oxygen atoms in total. The summed E-state index contributed by atoms with van der Waals surface area (Å²) < 4.78 is 5.70. The van der Waals surface area contributed by atoms with Gasteiger partial charge in [0.1, 0.15) is 5.75 Å². The number of methoxy groups -OCH3 is 1. The lowest BCUT2D eigenvalue weighted by molar-refractivity contribution is 0.136. The van der Waals surface area contributed by atoms with Crippen LogP contribution in [0, 0.1) is 0 Å². The van der Waals surface area contributed by atoms with E-state index in [0.717, 1.165) is 44.5 Å². The third kappa shape index (κ3) is 3.99. The van der Waals surface area contributed by atoms with Gasteiger partial charge < -0.3 is 15.0 Å². The average Bonchev–Trinajstić information content (AvgIpc) is 2.63. The molecule has 0 aromatic heterocycles. The summed E-state index contributed by atoms with van der Waals surface area (Å²) in [4.78, 5) is 5.08. The molecule has 1 atom stereocenters. The highest BCUT2D eigenvalue weighted by Crippen LogP contribution is 2.31. The topological polar surface area (TPSA) is 27.7 Å². The number of likely N-dealkylation sites (tertiary alicyclic amines) is 1. The second-order valence-corrected chi connectivity index (χ2v) is 6.77. The van der Waals surface area contributed by atoms with Gasteiger partial charge in [-0.3, -0.25) is 4.90 Å². The molecule has 0 saturated carbocycles. The lowest BCUT2D eigenvalue weighted by Gasteiger charge is -2.35. The summed E-state index contributed by atoms with van der Waals surface area (Å²) in [5.41, 5.74) is 2.62. The monoisotopic (exact) mass is 317 g/mol. The Labute approximate surface area is 140 Å². The van der Waals surface area contributed by atoms with Gasteiger partial charge in [-0.05, 0) is 43.5 Å². The highest BCUT2D eigenvalue weighted by atomic mass is 16.5. The minimum atomic E-state index is 0.752. The Morgan fingerprint density at radius 1 is 1.17 bits per heavy atom. The lowest BCUT2D eigenvalue weighted by Crippen LogP contribution is -2.43. The van der Waals surface area contributed by atoms with Crippen molar-refractivity contribution in [2.24, 2.45) is 0 Å². The van der Waals surface area contributed by atoms with Crippen LogP contribution in [0.5, 0.6) is 5.75 Å². The van der Waals surface area contributed by atoms with E-state index in [9.17, 15) is 0 Å². The van der Waals surface area contributed by atoms with Gasteiger partial charge >= 0.3 is 0 Å². The van der Waals surface area contributed by atoms with Crippen molar-refractivity contribution in [2.75, 3.05) is 44.7 Å². The molecule has 3 rings (SSSR count). The molecular formula is C19H31N3O. The molecule has 0 radical (unpaired) electrons. The largest absolute Gasteiger partial charge is 0.495 e. The van der Waals surface area contributed by atoms with Gasteiger partial charge in [-0.2, -0.15) is 0 Å². The van der Waals surface area contributed by atoms with E-state index in [-0.39, 0.29) is 0 Å². The highest BCUT2D eigenvalue weighted by Gasteiger charge is 2.21. The zero-order valence-corrected chi connectivity index (χ0v) is 14.7. The van der Waals surface area contributed by atoms with Crippen LogP contribution in [-0.2, 0) is 6.54 Å². The molecule has 1 aromatic carbocycles. The van der Waals surface area contributed by atoms with Gasteiger partial charge in [0.15, 0.2) is 0 Å². The van der Waals surface area contributed by atoms with Crippen LogP contribution in [0.2, 0.25) is 0 Å². The van der Waals surface area contributed by atoms with E-state index in [2.05, 4.69) is 40.2 Å². The minimum Gasteiger partial charge on any atom is -0.495 e. The van der Waals surface area contributed by atoms with Crippen molar-refractivity contribution in [3.05, 3.63) is 23.8 Å². The molecule has 2 saturated heterocycles. The number of anilines is 1. The maximum Gasteiger partial charge on any atom is 0.142 e. The van der Waals surface area contributed by atoms with Crippen molar-refractivity contribution in [1.29, 1.82) is 0 Å². The van der Waals surface area contributed by atoms with Crippen LogP contribution in [-0.4, -0.2) is 50.8 Å². The standard InChI is InChI=1S/C19H31N3O/c1-3-17-6-4-5-11-22(17)15-16-7-8-18(19(14-16)23-2)21-12-9-20-10-13-21/h7-8,14,17,20H,3-6,9-13,15H2,1-2H3. The minimum absolute atomic E-state index is 0.752. The number of nitrogens with zero attached hydrogens (tertiary/aromatic N) is 2. The van der Waals surface area contributed by atoms with E-state index in [1.807, 2.05) is 0 Å². The predicted octanol–water partition coefficient (Wildman–Crippen LogP) is 2.87. The molecule has 2 aliphatic rings. The summed E-state index contributed by atoms with van der Waals surface area (Å²) in [5, 5.41) is 3.41. The van der Waals surface area contributed by atoms with Crippen LogP contribution in [0.4, 0.5) is 5.69 Å². The number of piperazine rings is 1. The fourth-order valence-electron chi connectivity index (χ4n) is 3.95. The summed E-state index contributed by atoms with van der Waals surface area (Å²) in [6.07, 6.45) is 5.34. The predicted molar refractivity (Wildman–Crippen MR) is 96.4 cm³/mol. The van der Waals surface area contributed by atoms with E-state index in [1.165, 1.54) is 43.5 Å². The number of hydrogen-bond acceptors (Lipinski definition) is 4. The fraction of sp³-hybridized carbons (Fsp3) is 0.684. The Kier molecular flexibility index (Phi) is 5.79. The Hall–Kier alpha value is -1.26. The van der Waals surface area contributed by atoms with Crippen LogP contribution in [0.25, 0.3) is 0 Å². The molecule has 1 N–H and O–H groups in total. The van der Waals surface area contributed by atoms with Gasteiger partial charge in [-0.15, -0.1) is 0 Å². The van der Waals surface area contributed by atoms with Crippen molar-refractivity contribution >= 4 is 5.69 Å². The Morgan fingerprint density at radius 3 is 2.74 bits per heavy atom. The zero-order chi connectivity index (χ0) is 16.1. The first-order chi connectivity index (χ1) is 11.3. The Morgan fingerprint density at radius 2 is 2.00 bits per heavy atom. The van der Waals surface area contributed by atoms with E-state index in [1.54, 1.807) is 7.11 Å². The molecule has 2 aliphatic heterocycles. The first-order valence-electron chi connectivity index (χ1n) is 9.18. The third-order valence-electron chi connectivity index (χ3n) is 5.31. The van der Waals surface area contributed by atoms with E-state index in [0.29, 0.717) is 0 Å². The molecule has 1 unspecified atom stereocenters. The molecule has 0 bridgehead atoms. The quantitative estimate of drug-likeness (QED) is 0.904. The van der Waals surface area contributed by atoms with Crippen LogP contribution in [0.15, 0.2) is 18.2 Å². The summed E-state index contributed by atoms with van der Waals surface area (Å²) in [5.74, 6) is 1.02. The van der Waals surface area contributed by atoms with Crippen LogP contribution >= 0.6 is 0 Å². The summed E-state index contributed by atoms with van der Waals surface area (Å²) >= 11 is 0. The van der Waals surface area contributed by atoms with Crippen LogP contribution in [0.1, 0.15) is 38.2 Å². The Balaban J connectivity index is 1.73. The van der Waals surface area contributed by atoms with Crippen LogP contribution in [0.3, 0.4) is 0 Å². The first kappa shape index (κ1) is 16.6. The normalized spacial score (nSPS) is 23.0. The molecule has 1 aromatic rings. The molecule has 2 fully saturated rings. The van der Waals surface area contributed by atoms with Crippen molar-refractivity contribution in [3.63, 3.8) is 0 Å². The molecule has 0 spiro atoms. The number of hydrogen-bond donors (Lipinski definition) is 1. The van der Waals surface area contributed by atoms with Crippen molar-refractivity contribution in [3.8, 4) is 5.75 Å². The van der Waals surface area contributed by atoms with Gasteiger partial charge in [0.05, 0.1) is 12.8 Å². The fourth-order valence-corrected chi connectivity index (χ4v) is 3.95. The third-order valence-corrected chi connectivity index (χ3v) is 5.31. The van der Waals surface area contributed by atoms with Crippen molar-refractivity contribution in [2.45, 2.75) is 45.2 Å². The SMILES string of the molecule is CCC1CCCCN1Cc1ccc(N2CCNCC2)c(OC)c1. The summed E-state index contributed by atoms with van der Waals surface area (Å²) in [7, 11) is 1.79. The highest BCUT2D eigenvalue weighted by molar-refractivity contribution is 5.60.